The maximum atomic E-state index is 12.5. The van der Waals surface area contributed by atoms with Crippen LogP contribution in [0.3, 0.4) is 0 Å². The smallest absolute Gasteiger partial charge is 0.270 e. The Morgan fingerprint density at radius 2 is 1.79 bits per heavy atom. The number of benzene rings is 3. The summed E-state index contributed by atoms with van der Waals surface area (Å²) in [6.45, 7) is 0. The summed E-state index contributed by atoms with van der Waals surface area (Å²) in [6.07, 6.45) is 0. The van der Waals surface area contributed by atoms with Crippen LogP contribution in [0, 0.1) is 10.1 Å². The van der Waals surface area contributed by atoms with E-state index in [1.165, 1.54) is 25.3 Å². The average molecular weight is 322 g/mol. The molecule has 0 unspecified atom stereocenters. The Hall–Kier alpha value is -3.41. The normalized spacial score (nSPS) is 10.4. The van der Waals surface area contributed by atoms with Crippen molar-refractivity contribution in [3.8, 4) is 5.75 Å². The van der Waals surface area contributed by atoms with Crippen LogP contribution in [0.25, 0.3) is 10.8 Å². The van der Waals surface area contributed by atoms with Crippen LogP contribution in [0.15, 0.2) is 60.7 Å². The maximum Gasteiger partial charge on any atom is 0.270 e. The molecule has 0 atom stereocenters. The Labute approximate surface area is 137 Å². The highest BCUT2D eigenvalue weighted by Gasteiger charge is 2.17. The molecule has 0 aromatic heterocycles. The van der Waals surface area contributed by atoms with Gasteiger partial charge in [0.15, 0.2) is 0 Å². The van der Waals surface area contributed by atoms with Gasteiger partial charge >= 0.3 is 0 Å². The fourth-order valence-electron chi connectivity index (χ4n) is 2.45. The van der Waals surface area contributed by atoms with Crippen molar-refractivity contribution < 1.29 is 14.5 Å². The van der Waals surface area contributed by atoms with Crippen LogP contribution in [0.2, 0.25) is 0 Å². The lowest BCUT2D eigenvalue weighted by Gasteiger charge is -2.10. The van der Waals surface area contributed by atoms with Gasteiger partial charge < -0.3 is 10.1 Å². The molecule has 3 aromatic carbocycles. The average Bonchev–Trinajstić information content (AvgIpc) is 2.60. The molecule has 3 aromatic rings. The zero-order valence-electron chi connectivity index (χ0n) is 12.9. The van der Waals surface area contributed by atoms with E-state index < -0.39 is 10.8 Å². The summed E-state index contributed by atoms with van der Waals surface area (Å²) in [5.41, 5.74) is 0.548. The Bertz CT molecular complexity index is 937. The number of methoxy groups -OCH3 is 1. The van der Waals surface area contributed by atoms with E-state index in [-0.39, 0.29) is 17.0 Å². The fraction of sp³-hybridized carbons (Fsp3) is 0.0556. The second-order valence-corrected chi connectivity index (χ2v) is 5.16. The highest BCUT2D eigenvalue weighted by atomic mass is 16.6. The van der Waals surface area contributed by atoms with E-state index in [0.29, 0.717) is 5.69 Å². The third kappa shape index (κ3) is 3.03. The summed E-state index contributed by atoms with van der Waals surface area (Å²) >= 11 is 0. The minimum atomic E-state index is -0.549. The van der Waals surface area contributed by atoms with E-state index in [4.69, 9.17) is 4.74 Å². The number of hydrogen-bond donors (Lipinski definition) is 1. The number of rotatable bonds is 4. The number of hydrogen-bond acceptors (Lipinski definition) is 4. The van der Waals surface area contributed by atoms with E-state index in [2.05, 4.69) is 5.32 Å². The van der Waals surface area contributed by atoms with Crippen molar-refractivity contribution in [3.05, 3.63) is 76.3 Å². The van der Waals surface area contributed by atoms with Gasteiger partial charge in [-0.05, 0) is 29.0 Å². The van der Waals surface area contributed by atoms with Crippen molar-refractivity contribution in [2.75, 3.05) is 12.4 Å². The topological polar surface area (TPSA) is 81.5 Å². The first-order valence-electron chi connectivity index (χ1n) is 7.21. The third-order valence-corrected chi connectivity index (χ3v) is 3.65. The van der Waals surface area contributed by atoms with Gasteiger partial charge in [0.25, 0.3) is 11.6 Å². The lowest BCUT2D eigenvalue weighted by Crippen LogP contribution is -2.13. The number of nitrogens with zero attached hydrogens (tertiary/aromatic N) is 1. The highest BCUT2D eigenvalue weighted by Crippen LogP contribution is 2.26. The molecule has 0 aliphatic carbocycles. The standard InChI is InChI=1S/C18H14N2O4/c1-24-17-9-8-15(20(22)23)11-16(17)18(21)19-14-7-6-12-4-2-3-5-13(12)10-14/h2-11H,1H3,(H,19,21). The monoisotopic (exact) mass is 322 g/mol. The van der Waals surface area contributed by atoms with Crippen molar-refractivity contribution in [2.45, 2.75) is 0 Å². The molecule has 0 bridgehead atoms. The van der Waals surface area contributed by atoms with Crippen molar-refractivity contribution in [2.24, 2.45) is 0 Å². The van der Waals surface area contributed by atoms with Crippen LogP contribution in [0.5, 0.6) is 5.75 Å². The highest BCUT2D eigenvalue weighted by molar-refractivity contribution is 6.07. The number of ether oxygens (including phenoxy) is 1. The summed E-state index contributed by atoms with van der Waals surface area (Å²) in [6, 6.07) is 17.2. The SMILES string of the molecule is COc1ccc([N+](=O)[O-])cc1C(=O)Nc1ccc2ccccc2c1. The molecular formula is C18H14N2O4. The third-order valence-electron chi connectivity index (χ3n) is 3.65. The van der Waals surface area contributed by atoms with Gasteiger partial charge in [-0.25, -0.2) is 0 Å². The molecule has 1 N–H and O–H groups in total. The first-order valence-corrected chi connectivity index (χ1v) is 7.21. The molecule has 0 saturated carbocycles. The number of fused-ring (bicyclic) bond motifs is 1. The number of nitrogens with one attached hydrogen (secondary N) is 1. The molecule has 0 radical (unpaired) electrons. The van der Waals surface area contributed by atoms with Gasteiger partial charge in [-0.2, -0.15) is 0 Å². The Kier molecular flexibility index (Phi) is 4.11. The quantitative estimate of drug-likeness (QED) is 0.581. The number of non-ortho nitro benzene ring substituents is 1. The number of carbonyl (C=O) groups is 1. The molecule has 0 saturated heterocycles. The van der Waals surface area contributed by atoms with Crippen LogP contribution in [-0.4, -0.2) is 17.9 Å². The van der Waals surface area contributed by atoms with Gasteiger partial charge in [0, 0.05) is 17.8 Å². The van der Waals surface area contributed by atoms with Crippen LogP contribution in [0.1, 0.15) is 10.4 Å². The van der Waals surface area contributed by atoms with Gasteiger partial charge in [-0.15, -0.1) is 0 Å². The minimum Gasteiger partial charge on any atom is -0.496 e. The number of nitro groups is 1. The summed E-state index contributed by atoms with van der Waals surface area (Å²) in [5, 5.41) is 15.7. The lowest BCUT2D eigenvalue weighted by atomic mass is 10.1. The van der Waals surface area contributed by atoms with Crippen LogP contribution >= 0.6 is 0 Å². The molecule has 0 aliphatic heterocycles. The van der Waals surface area contributed by atoms with E-state index in [0.717, 1.165) is 10.8 Å². The molecule has 1 amide bonds. The van der Waals surface area contributed by atoms with Gasteiger partial charge in [-0.3, -0.25) is 14.9 Å². The second kappa shape index (κ2) is 6.37. The van der Waals surface area contributed by atoms with Crippen molar-refractivity contribution in [3.63, 3.8) is 0 Å². The van der Waals surface area contributed by atoms with Crippen molar-refractivity contribution in [1.82, 2.24) is 0 Å². The zero-order valence-corrected chi connectivity index (χ0v) is 12.9. The van der Waals surface area contributed by atoms with Crippen molar-refractivity contribution >= 4 is 28.1 Å². The lowest BCUT2D eigenvalue weighted by molar-refractivity contribution is -0.384. The van der Waals surface area contributed by atoms with Crippen molar-refractivity contribution in [1.29, 1.82) is 0 Å². The number of carbonyl (C=O) groups excluding carboxylic acids is 1. The van der Waals surface area contributed by atoms with Gasteiger partial charge in [-0.1, -0.05) is 30.3 Å². The van der Waals surface area contributed by atoms with E-state index in [1.807, 2.05) is 36.4 Å². The van der Waals surface area contributed by atoms with Crippen LogP contribution in [0.4, 0.5) is 11.4 Å². The summed E-state index contributed by atoms with van der Waals surface area (Å²) in [4.78, 5) is 22.9. The molecule has 3 rings (SSSR count). The largest absolute Gasteiger partial charge is 0.496 e. The van der Waals surface area contributed by atoms with Gasteiger partial charge in [0.05, 0.1) is 17.6 Å². The predicted octanol–water partition coefficient (Wildman–Crippen LogP) is 4.01. The molecular weight excluding hydrogens is 308 g/mol. The van der Waals surface area contributed by atoms with E-state index in [9.17, 15) is 14.9 Å². The maximum absolute atomic E-state index is 12.5. The number of nitro benzene ring substituents is 1. The van der Waals surface area contributed by atoms with Crippen LogP contribution < -0.4 is 10.1 Å². The Morgan fingerprint density at radius 1 is 1.04 bits per heavy atom. The molecule has 24 heavy (non-hydrogen) atoms. The number of amides is 1. The number of anilines is 1. The molecule has 0 heterocycles. The second-order valence-electron chi connectivity index (χ2n) is 5.16. The van der Waals surface area contributed by atoms with Crippen LogP contribution in [-0.2, 0) is 0 Å². The van der Waals surface area contributed by atoms with E-state index >= 15 is 0 Å². The van der Waals surface area contributed by atoms with E-state index in [1.54, 1.807) is 6.07 Å². The summed E-state index contributed by atoms with van der Waals surface area (Å²) in [5.74, 6) is -0.190. The molecule has 120 valence electrons. The molecule has 0 spiro atoms. The minimum absolute atomic E-state index is 0.111. The van der Waals surface area contributed by atoms with Gasteiger partial charge in [0.2, 0.25) is 0 Å². The summed E-state index contributed by atoms with van der Waals surface area (Å²) < 4.78 is 5.13. The molecule has 6 nitrogen and oxygen atoms in total. The zero-order chi connectivity index (χ0) is 17.1. The predicted molar refractivity (Wildman–Crippen MR) is 91.5 cm³/mol. The van der Waals surface area contributed by atoms with Gasteiger partial charge in [0.1, 0.15) is 5.75 Å². The molecule has 0 aliphatic rings. The Balaban J connectivity index is 1.93. The fourth-order valence-corrected chi connectivity index (χ4v) is 2.45. The summed E-state index contributed by atoms with van der Waals surface area (Å²) in [7, 11) is 1.41. The first-order chi connectivity index (χ1) is 11.6. The molecule has 6 heteroatoms. The first kappa shape index (κ1) is 15.5. The molecule has 0 fully saturated rings. The Morgan fingerprint density at radius 3 is 2.50 bits per heavy atom.